The van der Waals surface area contributed by atoms with Gasteiger partial charge in [-0.25, -0.2) is 8.78 Å². The van der Waals surface area contributed by atoms with Crippen molar-refractivity contribution in [3.63, 3.8) is 0 Å². The van der Waals surface area contributed by atoms with Gasteiger partial charge in [-0.2, -0.15) is 0 Å². The molecule has 1 aromatic carbocycles. The van der Waals surface area contributed by atoms with Crippen molar-refractivity contribution < 1.29 is 38.1 Å². The van der Waals surface area contributed by atoms with E-state index >= 15 is 0 Å². The molecule has 9 nitrogen and oxygen atoms in total. The number of amides is 1. The zero-order valence-corrected chi connectivity index (χ0v) is 19.4. The van der Waals surface area contributed by atoms with Crippen molar-refractivity contribution in [2.24, 2.45) is 5.92 Å². The molecule has 3 fully saturated rings. The average Bonchev–Trinajstić information content (AvgIpc) is 3.25. The van der Waals surface area contributed by atoms with E-state index in [0.29, 0.717) is 44.9 Å². The molecule has 190 valence electrons. The number of piperidine rings is 1. The van der Waals surface area contributed by atoms with Gasteiger partial charge >= 0.3 is 0 Å². The van der Waals surface area contributed by atoms with Gasteiger partial charge in [0, 0.05) is 44.8 Å². The minimum Gasteiger partial charge on any atom is -0.483 e. The molecule has 1 unspecified atom stereocenters. The van der Waals surface area contributed by atoms with Crippen LogP contribution in [0.4, 0.5) is 8.78 Å². The topological polar surface area (TPSA) is 111 Å². The molecule has 1 spiro atoms. The first kappa shape index (κ1) is 27.6. The summed E-state index contributed by atoms with van der Waals surface area (Å²) >= 11 is 0. The average molecular weight is 486 g/mol. The van der Waals surface area contributed by atoms with E-state index in [-0.39, 0.29) is 30.4 Å². The highest BCUT2D eigenvalue weighted by Gasteiger charge is 2.42. The summed E-state index contributed by atoms with van der Waals surface area (Å²) in [6.45, 7) is 5.12. The lowest BCUT2D eigenvalue weighted by Gasteiger charge is -2.47. The number of hydrogen-bond donors (Lipinski definition) is 2. The van der Waals surface area contributed by atoms with Crippen LogP contribution in [0.1, 0.15) is 24.8 Å². The number of carboxylic acid groups (broad SMARTS) is 2. The fraction of sp³-hybridized carbons (Fsp3) is 0.609. The zero-order valence-electron chi connectivity index (χ0n) is 19.4. The first-order valence-corrected chi connectivity index (χ1v) is 11.2. The molecule has 1 amide bonds. The van der Waals surface area contributed by atoms with Crippen molar-refractivity contribution in [2.45, 2.75) is 31.4 Å². The Bertz CT molecular complexity index is 814. The number of carbonyl (C=O) groups is 3. The maximum absolute atomic E-state index is 14.0. The van der Waals surface area contributed by atoms with Crippen LogP contribution >= 0.6 is 0 Å². The molecule has 0 radical (unpaired) electrons. The summed E-state index contributed by atoms with van der Waals surface area (Å²) in [7, 11) is 2.06. The van der Waals surface area contributed by atoms with Crippen LogP contribution < -0.4 is 0 Å². The van der Waals surface area contributed by atoms with Crippen molar-refractivity contribution in [3.8, 4) is 0 Å². The first-order chi connectivity index (χ1) is 16.3. The Hall–Kier alpha value is -2.63. The minimum absolute atomic E-state index is 0.124. The maximum Gasteiger partial charge on any atom is 0.290 e. The Kier molecular flexibility index (Phi) is 10.8. The zero-order chi connectivity index (χ0) is 25.1. The summed E-state index contributed by atoms with van der Waals surface area (Å²) in [5.41, 5.74) is 0.0979. The predicted molar refractivity (Wildman–Crippen MR) is 119 cm³/mol. The third-order valence-corrected chi connectivity index (χ3v) is 6.48. The molecule has 1 atom stereocenters. The molecule has 2 N–H and O–H groups in total. The Labute approximate surface area is 197 Å². The van der Waals surface area contributed by atoms with E-state index < -0.39 is 11.6 Å². The summed E-state index contributed by atoms with van der Waals surface area (Å²) in [5, 5.41) is 13.8. The number of rotatable bonds is 3. The molecule has 3 aliphatic rings. The van der Waals surface area contributed by atoms with Gasteiger partial charge in [0.2, 0.25) is 5.91 Å². The van der Waals surface area contributed by atoms with Crippen LogP contribution in [0, 0.1) is 17.6 Å². The summed E-state index contributed by atoms with van der Waals surface area (Å²) in [4.78, 5) is 35.8. The second-order valence-electron chi connectivity index (χ2n) is 8.74. The van der Waals surface area contributed by atoms with Gasteiger partial charge in [0.15, 0.2) is 11.6 Å². The summed E-state index contributed by atoms with van der Waals surface area (Å²) in [6.07, 6.45) is 2.54. The molecule has 0 aliphatic carbocycles. The predicted octanol–water partition coefficient (Wildman–Crippen LogP) is 1.51. The minimum atomic E-state index is -0.801. The number of nitrogens with zero attached hydrogens (tertiary/aromatic N) is 3. The van der Waals surface area contributed by atoms with E-state index in [1.165, 1.54) is 0 Å². The molecule has 3 aliphatic heterocycles. The lowest BCUT2D eigenvalue weighted by atomic mass is 9.88. The number of halogens is 2. The third kappa shape index (κ3) is 7.44. The first-order valence-electron chi connectivity index (χ1n) is 11.2. The van der Waals surface area contributed by atoms with E-state index in [1.54, 1.807) is 12.1 Å². The standard InChI is InChI=1S/C21H29F2N3O2.2CH2O2/c1-24-8-5-17(13-24)20(27)26-9-6-21(7-10-26)15-25(11-12-28-21)14-16-3-2-4-18(22)19(16)23;2*2-1-3/h2-4,17H,5-15H2,1H3;2*1H,(H,2,3). The number of benzene rings is 1. The molecule has 3 saturated heterocycles. The van der Waals surface area contributed by atoms with Crippen LogP contribution in [0.3, 0.4) is 0 Å². The highest BCUT2D eigenvalue weighted by molar-refractivity contribution is 5.79. The molecule has 3 heterocycles. The van der Waals surface area contributed by atoms with Gasteiger partial charge in [-0.3, -0.25) is 19.3 Å². The highest BCUT2D eigenvalue weighted by Crippen LogP contribution is 2.32. The molecule has 0 bridgehead atoms. The van der Waals surface area contributed by atoms with Gasteiger partial charge in [-0.1, -0.05) is 12.1 Å². The molecule has 34 heavy (non-hydrogen) atoms. The van der Waals surface area contributed by atoms with Crippen LogP contribution in [-0.2, 0) is 25.7 Å². The van der Waals surface area contributed by atoms with E-state index in [9.17, 15) is 13.6 Å². The van der Waals surface area contributed by atoms with E-state index in [2.05, 4.69) is 16.8 Å². The summed E-state index contributed by atoms with van der Waals surface area (Å²) < 4.78 is 33.7. The van der Waals surface area contributed by atoms with Crippen LogP contribution in [0.25, 0.3) is 0 Å². The second kappa shape index (κ2) is 13.3. The largest absolute Gasteiger partial charge is 0.483 e. The van der Waals surface area contributed by atoms with Crippen LogP contribution in [0.5, 0.6) is 0 Å². The Morgan fingerprint density at radius 3 is 2.38 bits per heavy atom. The molecule has 0 aromatic heterocycles. The lowest BCUT2D eigenvalue weighted by Crippen LogP contribution is -2.57. The molecule has 0 saturated carbocycles. The monoisotopic (exact) mass is 485 g/mol. The van der Waals surface area contributed by atoms with E-state index in [4.69, 9.17) is 24.5 Å². The Morgan fingerprint density at radius 2 is 1.79 bits per heavy atom. The van der Waals surface area contributed by atoms with Crippen LogP contribution in [-0.4, -0.2) is 102 Å². The van der Waals surface area contributed by atoms with E-state index in [1.807, 2.05) is 4.90 Å². The summed E-state index contributed by atoms with van der Waals surface area (Å²) in [6, 6.07) is 4.34. The fourth-order valence-corrected chi connectivity index (χ4v) is 4.80. The molecule has 4 rings (SSSR count). The third-order valence-electron chi connectivity index (χ3n) is 6.48. The number of likely N-dealkylation sites (tertiary alicyclic amines) is 2. The number of ether oxygens (including phenoxy) is 1. The Morgan fingerprint density at radius 1 is 1.15 bits per heavy atom. The molecule has 1 aromatic rings. The van der Waals surface area contributed by atoms with Crippen molar-refractivity contribution in [1.29, 1.82) is 0 Å². The van der Waals surface area contributed by atoms with Crippen molar-refractivity contribution in [3.05, 3.63) is 35.4 Å². The van der Waals surface area contributed by atoms with Gasteiger partial charge in [0.1, 0.15) is 0 Å². The fourth-order valence-electron chi connectivity index (χ4n) is 4.80. The molecular formula is C23H33F2N3O6. The second-order valence-corrected chi connectivity index (χ2v) is 8.74. The number of carbonyl (C=O) groups excluding carboxylic acids is 1. The smallest absolute Gasteiger partial charge is 0.290 e. The SMILES string of the molecule is CN1CCC(C(=O)N2CCC3(CC2)CN(Cc2cccc(F)c2F)CCO3)C1.O=CO.O=CO. The van der Waals surface area contributed by atoms with Crippen molar-refractivity contribution >= 4 is 18.9 Å². The van der Waals surface area contributed by atoms with Crippen LogP contribution in [0.15, 0.2) is 18.2 Å². The van der Waals surface area contributed by atoms with Crippen molar-refractivity contribution in [2.75, 3.05) is 52.9 Å². The number of hydrogen-bond acceptors (Lipinski definition) is 6. The van der Waals surface area contributed by atoms with Gasteiger partial charge in [-0.05, 0) is 38.9 Å². The van der Waals surface area contributed by atoms with Gasteiger partial charge in [0.05, 0.1) is 18.1 Å². The van der Waals surface area contributed by atoms with E-state index in [0.717, 1.165) is 38.4 Å². The quantitative estimate of drug-likeness (QED) is 0.620. The summed E-state index contributed by atoms with van der Waals surface area (Å²) in [5.74, 6) is -1.16. The number of morpholine rings is 1. The maximum atomic E-state index is 14.0. The van der Waals surface area contributed by atoms with Gasteiger partial charge in [-0.15, -0.1) is 0 Å². The Balaban J connectivity index is 0.000000618. The molecular weight excluding hydrogens is 452 g/mol. The van der Waals surface area contributed by atoms with Crippen molar-refractivity contribution in [1.82, 2.24) is 14.7 Å². The highest BCUT2D eigenvalue weighted by atomic mass is 19.2. The molecule has 11 heteroatoms. The normalized spacial score (nSPS) is 22.2. The van der Waals surface area contributed by atoms with Gasteiger partial charge in [0.25, 0.3) is 12.9 Å². The lowest BCUT2D eigenvalue weighted by molar-refractivity contribution is -0.153. The van der Waals surface area contributed by atoms with Gasteiger partial charge < -0.3 is 24.7 Å². The van der Waals surface area contributed by atoms with Crippen LogP contribution in [0.2, 0.25) is 0 Å².